The van der Waals surface area contributed by atoms with Crippen molar-refractivity contribution in [2.45, 2.75) is 30.3 Å². The van der Waals surface area contributed by atoms with Crippen LogP contribution in [0.1, 0.15) is 12.1 Å². The Morgan fingerprint density at radius 3 is 2.92 bits per heavy atom. The number of ether oxygens (including phenoxy) is 1. The van der Waals surface area contributed by atoms with E-state index in [2.05, 4.69) is 15.3 Å². The van der Waals surface area contributed by atoms with E-state index in [1.807, 2.05) is 0 Å². The standard InChI is InChI=1S/C16H18ClN5O3S/c1-9-14(17)15(21-16(18)19-9)20-10-6-11-8-25-12-4-2-3-5-13(12)26(23,24)22(11)7-10/h2-5,10-11H,6-8H2,1H3,(H3,18,19,20,21)/t10-,11-/m0/s1. The van der Waals surface area contributed by atoms with Crippen LogP contribution in [-0.2, 0) is 10.0 Å². The lowest BCUT2D eigenvalue weighted by Gasteiger charge is -2.19. The average molecular weight is 396 g/mol. The lowest BCUT2D eigenvalue weighted by Crippen LogP contribution is -2.37. The van der Waals surface area contributed by atoms with E-state index in [0.29, 0.717) is 41.9 Å². The molecule has 26 heavy (non-hydrogen) atoms. The average Bonchev–Trinajstić information content (AvgIpc) is 2.97. The number of sulfonamides is 1. The van der Waals surface area contributed by atoms with Crippen LogP contribution in [0.4, 0.5) is 11.8 Å². The monoisotopic (exact) mass is 395 g/mol. The van der Waals surface area contributed by atoms with Crippen LogP contribution < -0.4 is 15.8 Å². The van der Waals surface area contributed by atoms with Crippen molar-refractivity contribution in [3.05, 3.63) is 35.0 Å². The zero-order valence-corrected chi connectivity index (χ0v) is 15.6. The molecule has 1 fully saturated rings. The zero-order valence-electron chi connectivity index (χ0n) is 14.0. The Balaban J connectivity index is 1.61. The molecular formula is C16H18ClN5O3S. The Morgan fingerprint density at radius 1 is 1.35 bits per heavy atom. The summed E-state index contributed by atoms with van der Waals surface area (Å²) in [5.74, 6) is 0.929. The number of benzene rings is 1. The number of halogens is 1. The number of anilines is 2. The summed E-state index contributed by atoms with van der Waals surface area (Å²) in [6.45, 7) is 2.33. The Bertz CT molecular complexity index is 968. The van der Waals surface area contributed by atoms with Crippen LogP contribution in [0.2, 0.25) is 5.02 Å². The fraction of sp³-hybridized carbons (Fsp3) is 0.375. The van der Waals surface area contributed by atoms with Gasteiger partial charge in [0.25, 0.3) is 0 Å². The van der Waals surface area contributed by atoms with Crippen molar-refractivity contribution in [3.8, 4) is 5.75 Å². The van der Waals surface area contributed by atoms with E-state index in [9.17, 15) is 8.42 Å². The zero-order chi connectivity index (χ0) is 18.5. The van der Waals surface area contributed by atoms with Gasteiger partial charge in [0.1, 0.15) is 22.3 Å². The highest BCUT2D eigenvalue weighted by Gasteiger charge is 2.43. The second kappa shape index (κ2) is 6.26. The van der Waals surface area contributed by atoms with Gasteiger partial charge in [-0.2, -0.15) is 9.29 Å². The summed E-state index contributed by atoms with van der Waals surface area (Å²) < 4.78 is 33.3. The molecule has 138 valence electrons. The summed E-state index contributed by atoms with van der Waals surface area (Å²) in [7, 11) is -3.63. The normalized spacial score (nSPS) is 24.2. The molecule has 0 bridgehead atoms. The van der Waals surface area contributed by atoms with Crippen molar-refractivity contribution in [1.82, 2.24) is 14.3 Å². The van der Waals surface area contributed by atoms with Gasteiger partial charge in [0.2, 0.25) is 16.0 Å². The number of aryl methyl sites for hydroxylation is 1. The third-order valence-corrected chi connectivity index (χ3v) is 7.02. The fourth-order valence-corrected chi connectivity index (χ4v) is 5.34. The van der Waals surface area contributed by atoms with Crippen LogP contribution in [0.25, 0.3) is 0 Å². The van der Waals surface area contributed by atoms with Crippen LogP contribution in [-0.4, -0.2) is 47.9 Å². The van der Waals surface area contributed by atoms with Crippen LogP contribution >= 0.6 is 11.6 Å². The minimum atomic E-state index is -3.63. The minimum absolute atomic E-state index is 0.117. The Hall–Kier alpha value is -2.10. The number of nitrogen functional groups attached to an aromatic ring is 1. The molecule has 1 aromatic heterocycles. The van der Waals surface area contributed by atoms with Crippen molar-refractivity contribution >= 4 is 33.4 Å². The molecule has 2 aliphatic rings. The molecule has 0 radical (unpaired) electrons. The highest BCUT2D eigenvalue weighted by Crippen LogP contribution is 2.36. The molecule has 10 heteroatoms. The summed E-state index contributed by atoms with van der Waals surface area (Å²) in [5.41, 5.74) is 6.26. The molecule has 0 unspecified atom stereocenters. The topological polar surface area (TPSA) is 110 Å². The van der Waals surface area contributed by atoms with Gasteiger partial charge in [-0.05, 0) is 25.5 Å². The van der Waals surface area contributed by atoms with Gasteiger partial charge < -0.3 is 15.8 Å². The van der Waals surface area contributed by atoms with Gasteiger partial charge in [-0.3, -0.25) is 0 Å². The fourth-order valence-electron chi connectivity index (χ4n) is 3.40. The van der Waals surface area contributed by atoms with Gasteiger partial charge in [0, 0.05) is 12.6 Å². The van der Waals surface area contributed by atoms with Crippen molar-refractivity contribution in [2.75, 3.05) is 24.2 Å². The van der Waals surface area contributed by atoms with Crippen LogP contribution in [0.15, 0.2) is 29.2 Å². The maximum absolute atomic E-state index is 13.0. The van der Waals surface area contributed by atoms with Gasteiger partial charge in [0.05, 0.1) is 11.7 Å². The predicted octanol–water partition coefficient (Wildman–Crippen LogP) is 1.66. The summed E-state index contributed by atoms with van der Waals surface area (Å²) >= 11 is 6.25. The van der Waals surface area contributed by atoms with Gasteiger partial charge in [0.15, 0.2) is 5.82 Å². The summed E-state index contributed by atoms with van der Waals surface area (Å²) in [6, 6.07) is 6.28. The molecule has 1 saturated heterocycles. The molecule has 0 saturated carbocycles. The second-order valence-corrected chi connectivity index (χ2v) is 8.63. The molecule has 4 rings (SSSR count). The van der Waals surface area contributed by atoms with Gasteiger partial charge in [-0.15, -0.1) is 0 Å². The molecule has 8 nitrogen and oxygen atoms in total. The molecule has 1 aromatic carbocycles. The van der Waals surface area contributed by atoms with Gasteiger partial charge in [-0.1, -0.05) is 23.7 Å². The highest BCUT2D eigenvalue weighted by atomic mass is 35.5. The van der Waals surface area contributed by atoms with Crippen molar-refractivity contribution in [1.29, 1.82) is 0 Å². The number of nitrogens with one attached hydrogen (secondary N) is 1. The Labute approximate surface area is 156 Å². The first-order valence-corrected chi connectivity index (χ1v) is 9.98. The van der Waals surface area contributed by atoms with E-state index in [-0.39, 0.29) is 22.9 Å². The number of hydrogen-bond donors (Lipinski definition) is 2. The van der Waals surface area contributed by atoms with Crippen LogP contribution in [0.5, 0.6) is 5.75 Å². The van der Waals surface area contributed by atoms with E-state index < -0.39 is 10.0 Å². The first-order chi connectivity index (χ1) is 12.4. The first-order valence-electron chi connectivity index (χ1n) is 8.16. The number of hydrogen-bond acceptors (Lipinski definition) is 7. The lowest BCUT2D eigenvalue weighted by molar-refractivity contribution is 0.240. The molecule has 2 aliphatic heterocycles. The molecule has 2 atom stereocenters. The quantitative estimate of drug-likeness (QED) is 0.795. The molecule has 0 aliphatic carbocycles. The highest BCUT2D eigenvalue weighted by molar-refractivity contribution is 7.89. The number of nitrogens with two attached hydrogens (primary N) is 1. The summed E-state index contributed by atoms with van der Waals surface area (Å²) in [4.78, 5) is 8.34. The molecule has 0 amide bonds. The third-order valence-electron chi connectivity index (χ3n) is 4.61. The number of aromatic nitrogens is 2. The van der Waals surface area contributed by atoms with Crippen molar-refractivity contribution in [2.24, 2.45) is 0 Å². The number of para-hydroxylation sites is 1. The van der Waals surface area contributed by atoms with E-state index in [1.54, 1.807) is 31.2 Å². The second-order valence-electron chi connectivity index (χ2n) is 6.39. The van der Waals surface area contributed by atoms with Crippen molar-refractivity contribution in [3.63, 3.8) is 0 Å². The smallest absolute Gasteiger partial charge is 0.247 e. The number of rotatable bonds is 2. The Morgan fingerprint density at radius 2 is 2.12 bits per heavy atom. The molecule has 2 aromatic rings. The molecule has 3 heterocycles. The largest absolute Gasteiger partial charge is 0.490 e. The van der Waals surface area contributed by atoms with E-state index >= 15 is 0 Å². The molecular weight excluding hydrogens is 378 g/mol. The van der Waals surface area contributed by atoms with Gasteiger partial charge in [-0.25, -0.2) is 13.4 Å². The third kappa shape index (κ3) is 2.85. The SMILES string of the molecule is Cc1nc(N)nc(N[C@H]2C[C@H]3COc4ccccc4S(=O)(=O)N3C2)c1Cl. The van der Waals surface area contributed by atoms with Gasteiger partial charge >= 0.3 is 0 Å². The van der Waals surface area contributed by atoms with Crippen LogP contribution in [0, 0.1) is 6.92 Å². The van der Waals surface area contributed by atoms with Crippen LogP contribution in [0.3, 0.4) is 0 Å². The molecule has 0 spiro atoms. The maximum Gasteiger partial charge on any atom is 0.247 e. The lowest BCUT2D eigenvalue weighted by atomic mass is 10.2. The van der Waals surface area contributed by atoms with E-state index in [1.165, 1.54) is 4.31 Å². The number of nitrogens with zero attached hydrogens (tertiary/aromatic N) is 3. The van der Waals surface area contributed by atoms with E-state index in [0.717, 1.165) is 0 Å². The summed E-state index contributed by atoms with van der Waals surface area (Å²) in [6.07, 6.45) is 0.576. The maximum atomic E-state index is 13.0. The number of fused-ring (bicyclic) bond motifs is 2. The Kier molecular flexibility index (Phi) is 4.17. The van der Waals surface area contributed by atoms with E-state index in [4.69, 9.17) is 22.1 Å². The predicted molar refractivity (Wildman–Crippen MR) is 97.8 cm³/mol. The first kappa shape index (κ1) is 17.3. The summed E-state index contributed by atoms with van der Waals surface area (Å²) in [5, 5.41) is 3.58. The molecule has 3 N–H and O–H groups in total. The van der Waals surface area contributed by atoms with Crippen molar-refractivity contribution < 1.29 is 13.2 Å². The minimum Gasteiger partial charge on any atom is -0.490 e.